The zero-order valence-corrected chi connectivity index (χ0v) is 11.5. The summed E-state index contributed by atoms with van der Waals surface area (Å²) >= 11 is 0. The third-order valence-electron chi connectivity index (χ3n) is 3.61. The molecule has 2 aromatic rings. The van der Waals surface area contributed by atoms with E-state index in [4.69, 9.17) is 0 Å². The number of nitrogens with zero attached hydrogens (tertiary/aromatic N) is 1. The maximum atomic E-state index is 4.37. The first-order valence-corrected chi connectivity index (χ1v) is 6.78. The second-order valence-corrected chi connectivity index (χ2v) is 4.99. The molecule has 0 fully saturated rings. The summed E-state index contributed by atoms with van der Waals surface area (Å²) in [6.07, 6.45) is 4.32. The van der Waals surface area contributed by atoms with Gasteiger partial charge in [-0.3, -0.25) is 4.98 Å². The molecular formula is C16H22N2. The van der Waals surface area contributed by atoms with Gasteiger partial charge < -0.3 is 5.32 Å². The predicted molar refractivity (Wildman–Crippen MR) is 77.6 cm³/mol. The van der Waals surface area contributed by atoms with Gasteiger partial charge in [-0.05, 0) is 43.1 Å². The monoisotopic (exact) mass is 242 g/mol. The summed E-state index contributed by atoms with van der Waals surface area (Å²) in [5.74, 6) is 0.647. The number of benzene rings is 1. The largest absolute Gasteiger partial charge is 0.313 e. The number of nitrogens with one attached hydrogen (secondary N) is 1. The molecule has 1 heterocycles. The Bertz CT molecular complexity index is 507. The van der Waals surface area contributed by atoms with Gasteiger partial charge in [-0.25, -0.2) is 0 Å². The molecule has 0 saturated heterocycles. The molecule has 2 rings (SSSR count). The molecule has 0 spiro atoms. The van der Waals surface area contributed by atoms with Crippen LogP contribution < -0.4 is 5.32 Å². The summed E-state index contributed by atoms with van der Waals surface area (Å²) in [5, 5.41) is 4.67. The molecule has 0 amide bonds. The highest BCUT2D eigenvalue weighted by atomic mass is 14.9. The minimum Gasteiger partial charge on any atom is -0.313 e. The van der Waals surface area contributed by atoms with E-state index in [-0.39, 0.29) is 0 Å². The molecule has 0 bridgehead atoms. The van der Waals surface area contributed by atoms with Gasteiger partial charge in [-0.2, -0.15) is 0 Å². The van der Waals surface area contributed by atoms with E-state index in [0.717, 1.165) is 5.52 Å². The predicted octanol–water partition coefficient (Wildman–Crippen LogP) is 3.93. The Hall–Kier alpha value is -1.41. The van der Waals surface area contributed by atoms with Gasteiger partial charge in [0.15, 0.2) is 0 Å². The van der Waals surface area contributed by atoms with Crippen molar-refractivity contribution in [1.29, 1.82) is 0 Å². The molecule has 2 atom stereocenters. The van der Waals surface area contributed by atoms with Gasteiger partial charge in [0.25, 0.3) is 0 Å². The molecular weight excluding hydrogens is 220 g/mol. The van der Waals surface area contributed by atoms with Crippen molar-refractivity contribution in [3.63, 3.8) is 0 Å². The quantitative estimate of drug-likeness (QED) is 0.859. The first-order chi connectivity index (χ1) is 8.76. The fourth-order valence-corrected chi connectivity index (χ4v) is 2.69. The van der Waals surface area contributed by atoms with Crippen molar-refractivity contribution < 1.29 is 0 Å². The van der Waals surface area contributed by atoms with Crippen LogP contribution in [0.4, 0.5) is 0 Å². The lowest BCUT2D eigenvalue weighted by Gasteiger charge is -2.24. The lowest BCUT2D eigenvalue weighted by atomic mass is 9.90. The Morgan fingerprint density at radius 3 is 2.83 bits per heavy atom. The molecule has 1 aromatic carbocycles. The zero-order chi connectivity index (χ0) is 13.0. The summed E-state index contributed by atoms with van der Waals surface area (Å²) in [4.78, 5) is 4.37. The second kappa shape index (κ2) is 5.96. The highest BCUT2D eigenvalue weighted by Crippen LogP contribution is 2.27. The van der Waals surface area contributed by atoms with Crippen molar-refractivity contribution in [3.05, 3.63) is 42.1 Å². The molecule has 18 heavy (non-hydrogen) atoms. The molecule has 0 aliphatic carbocycles. The molecule has 1 aromatic heterocycles. The Morgan fingerprint density at radius 2 is 2.11 bits per heavy atom. The van der Waals surface area contributed by atoms with E-state index in [1.54, 1.807) is 0 Å². The third-order valence-corrected chi connectivity index (χ3v) is 3.61. The topological polar surface area (TPSA) is 24.9 Å². The van der Waals surface area contributed by atoms with Crippen LogP contribution in [-0.4, -0.2) is 12.0 Å². The lowest BCUT2D eigenvalue weighted by Crippen LogP contribution is -2.23. The molecule has 0 saturated carbocycles. The molecule has 2 nitrogen and oxygen atoms in total. The highest BCUT2D eigenvalue weighted by molar-refractivity contribution is 5.79. The molecule has 0 radical (unpaired) electrons. The fraction of sp³-hybridized carbons (Fsp3) is 0.438. The van der Waals surface area contributed by atoms with Crippen LogP contribution in [0, 0.1) is 5.92 Å². The summed E-state index contributed by atoms with van der Waals surface area (Å²) in [6.45, 7) is 4.56. The zero-order valence-electron chi connectivity index (χ0n) is 11.5. The summed E-state index contributed by atoms with van der Waals surface area (Å²) in [7, 11) is 2.05. The van der Waals surface area contributed by atoms with Crippen molar-refractivity contribution in [2.24, 2.45) is 5.92 Å². The first kappa shape index (κ1) is 13.0. The Balaban J connectivity index is 2.33. The molecule has 96 valence electrons. The van der Waals surface area contributed by atoms with Crippen LogP contribution in [0.15, 0.2) is 36.5 Å². The normalized spacial score (nSPS) is 14.6. The van der Waals surface area contributed by atoms with Gasteiger partial charge in [0.2, 0.25) is 0 Å². The van der Waals surface area contributed by atoms with Crippen molar-refractivity contribution >= 4 is 10.9 Å². The number of aromatic nitrogens is 1. The minimum absolute atomic E-state index is 0.426. The number of pyridine rings is 1. The standard InChI is InChI=1S/C16H22N2/c1-4-6-12(2)16(17-3)14-8-9-15-13(11-14)7-5-10-18-15/h5,7-12,16-17H,4,6H2,1-3H3. The van der Waals surface area contributed by atoms with Gasteiger partial charge in [-0.15, -0.1) is 0 Å². The van der Waals surface area contributed by atoms with E-state index >= 15 is 0 Å². The van der Waals surface area contributed by atoms with Gasteiger partial charge >= 0.3 is 0 Å². The first-order valence-electron chi connectivity index (χ1n) is 6.78. The van der Waals surface area contributed by atoms with Crippen LogP contribution in [0.3, 0.4) is 0 Å². The summed E-state index contributed by atoms with van der Waals surface area (Å²) in [6, 6.07) is 11.1. The SMILES string of the molecule is CCCC(C)C(NC)c1ccc2ncccc2c1. The lowest BCUT2D eigenvalue weighted by molar-refractivity contribution is 0.384. The molecule has 0 aliphatic rings. The fourth-order valence-electron chi connectivity index (χ4n) is 2.69. The average Bonchev–Trinajstić information content (AvgIpc) is 2.40. The average molecular weight is 242 g/mol. The number of hydrogen-bond donors (Lipinski definition) is 1. The van der Waals surface area contributed by atoms with E-state index in [1.165, 1.54) is 23.8 Å². The second-order valence-electron chi connectivity index (χ2n) is 4.99. The minimum atomic E-state index is 0.426. The van der Waals surface area contributed by atoms with E-state index in [0.29, 0.717) is 12.0 Å². The Labute approximate surface area is 109 Å². The highest BCUT2D eigenvalue weighted by Gasteiger charge is 2.16. The molecule has 2 unspecified atom stereocenters. The maximum absolute atomic E-state index is 4.37. The molecule has 0 aliphatic heterocycles. The van der Waals surface area contributed by atoms with Gasteiger partial charge in [-0.1, -0.05) is 32.4 Å². The summed E-state index contributed by atoms with van der Waals surface area (Å²) in [5.41, 5.74) is 2.43. The van der Waals surface area contributed by atoms with Crippen molar-refractivity contribution in [2.75, 3.05) is 7.05 Å². The number of rotatable bonds is 5. The number of hydrogen-bond acceptors (Lipinski definition) is 2. The maximum Gasteiger partial charge on any atom is 0.0702 e. The van der Waals surface area contributed by atoms with Crippen molar-refractivity contribution in [1.82, 2.24) is 10.3 Å². The van der Waals surface area contributed by atoms with Crippen LogP contribution in [-0.2, 0) is 0 Å². The van der Waals surface area contributed by atoms with Crippen molar-refractivity contribution in [3.8, 4) is 0 Å². The van der Waals surface area contributed by atoms with Crippen LogP contribution in [0.1, 0.15) is 38.3 Å². The van der Waals surface area contributed by atoms with Crippen LogP contribution in [0.5, 0.6) is 0 Å². The Morgan fingerprint density at radius 1 is 1.28 bits per heavy atom. The van der Waals surface area contributed by atoms with E-state index in [9.17, 15) is 0 Å². The van der Waals surface area contributed by atoms with E-state index in [1.807, 2.05) is 19.3 Å². The van der Waals surface area contributed by atoms with Gasteiger partial charge in [0.05, 0.1) is 5.52 Å². The van der Waals surface area contributed by atoms with Crippen LogP contribution in [0.25, 0.3) is 10.9 Å². The van der Waals surface area contributed by atoms with E-state index in [2.05, 4.69) is 48.4 Å². The Kier molecular flexibility index (Phi) is 4.32. The molecule has 1 N–H and O–H groups in total. The smallest absolute Gasteiger partial charge is 0.0702 e. The molecule has 2 heteroatoms. The number of fused-ring (bicyclic) bond motifs is 1. The van der Waals surface area contributed by atoms with Crippen LogP contribution >= 0.6 is 0 Å². The third kappa shape index (κ3) is 2.70. The van der Waals surface area contributed by atoms with Gasteiger partial charge in [0.1, 0.15) is 0 Å². The summed E-state index contributed by atoms with van der Waals surface area (Å²) < 4.78 is 0. The van der Waals surface area contributed by atoms with Gasteiger partial charge in [0, 0.05) is 17.6 Å². The van der Waals surface area contributed by atoms with Crippen molar-refractivity contribution in [2.45, 2.75) is 32.7 Å². The van der Waals surface area contributed by atoms with Crippen LogP contribution in [0.2, 0.25) is 0 Å². The van der Waals surface area contributed by atoms with E-state index < -0.39 is 0 Å².